The van der Waals surface area contributed by atoms with Gasteiger partial charge in [0.1, 0.15) is 10.1 Å². The number of rotatable bonds is 2. The van der Waals surface area contributed by atoms with Crippen LogP contribution in [0.25, 0.3) is 0 Å². The van der Waals surface area contributed by atoms with Crippen LogP contribution >= 0.6 is 15.9 Å². The van der Waals surface area contributed by atoms with Crippen LogP contribution in [0.5, 0.6) is 0 Å². The Kier molecular flexibility index (Phi) is 3.43. The molecule has 0 saturated heterocycles. The molecular formula is C12H12BrN3O. The van der Waals surface area contributed by atoms with E-state index in [1.165, 1.54) is 6.20 Å². The molecule has 1 heterocycles. The van der Waals surface area contributed by atoms with Gasteiger partial charge in [0.2, 0.25) is 0 Å². The van der Waals surface area contributed by atoms with E-state index in [4.69, 9.17) is 5.26 Å². The number of pyridine rings is 1. The molecule has 1 saturated carbocycles. The van der Waals surface area contributed by atoms with Crippen molar-refractivity contribution in [1.82, 2.24) is 10.3 Å². The van der Waals surface area contributed by atoms with Crippen molar-refractivity contribution >= 4 is 21.8 Å². The predicted molar refractivity (Wildman–Crippen MR) is 66.2 cm³/mol. The number of nitrogens with one attached hydrogen (secondary N) is 1. The molecule has 2 rings (SSSR count). The third-order valence-electron chi connectivity index (χ3n) is 3.01. The average molecular weight is 294 g/mol. The van der Waals surface area contributed by atoms with E-state index in [-0.39, 0.29) is 5.91 Å². The van der Waals surface area contributed by atoms with Crippen molar-refractivity contribution in [2.24, 2.45) is 0 Å². The molecule has 0 radical (unpaired) electrons. The molecule has 17 heavy (non-hydrogen) atoms. The number of aromatic nitrogens is 1. The molecule has 1 aromatic rings. The predicted octanol–water partition coefficient (Wildman–Crippen LogP) is 2.41. The Morgan fingerprint density at radius 2 is 2.18 bits per heavy atom. The SMILES string of the molecule is N#CC1(NC(=O)c2ccc(Br)nc2)CCCC1. The lowest BCUT2D eigenvalue weighted by Crippen LogP contribution is -2.45. The van der Waals surface area contributed by atoms with Crippen LogP contribution in [0.15, 0.2) is 22.9 Å². The molecule has 1 N–H and O–H groups in total. The molecule has 1 amide bonds. The van der Waals surface area contributed by atoms with E-state index in [1.54, 1.807) is 12.1 Å². The number of nitriles is 1. The summed E-state index contributed by atoms with van der Waals surface area (Å²) in [6.07, 6.45) is 4.96. The smallest absolute Gasteiger partial charge is 0.254 e. The Labute approximate surface area is 108 Å². The van der Waals surface area contributed by atoms with Gasteiger partial charge in [-0.25, -0.2) is 4.98 Å². The Balaban J connectivity index is 2.11. The first-order valence-electron chi connectivity index (χ1n) is 5.50. The van der Waals surface area contributed by atoms with Crippen molar-refractivity contribution in [3.63, 3.8) is 0 Å². The maximum Gasteiger partial charge on any atom is 0.254 e. The second kappa shape index (κ2) is 4.84. The number of hydrogen-bond donors (Lipinski definition) is 1. The molecule has 0 aliphatic heterocycles. The summed E-state index contributed by atoms with van der Waals surface area (Å²) < 4.78 is 0.685. The fourth-order valence-corrected chi connectivity index (χ4v) is 2.28. The van der Waals surface area contributed by atoms with E-state index in [1.807, 2.05) is 0 Å². The number of carbonyl (C=O) groups is 1. The zero-order chi connectivity index (χ0) is 12.3. The summed E-state index contributed by atoms with van der Waals surface area (Å²) in [5.41, 5.74) is -0.195. The second-order valence-corrected chi connectivity index (χ2v) is 5.04. The van der Waals surface area contributed by atoms with Crippen LogP contribution < -0.4 is 5.32 Å². The monoisotopic (exact) mass is 293 g/mol. The Morgan fingerprint density at radius 1 is 1.47 bits per heavy atom. The standard InChI is InChI=1S/C12H12BrN3O/c13-10-4-3-9(7-15-10)11(17)16-12(8-14)5-1-2-6-12/h3-4,7H,1-2,5-6H2,(H,16,17). The molecule has 88 valence electrons. The zero-order valence-corrected chi connectivity index (χ0v) is 10.8. The molecule has 4 nitrogen and oxygen atoms in total. The van der Waals surface area contributed by atoms with Crippen LogP contribution in [0.4, 0.5) is 0 Å². The summed E-state index contributed by atoms with van der Waals surface area (Å²) in [4.78, 5) is 16.0. The quantitative estimate of drug-likeness (QED) is 0.852. The van der Waals surface area contributed by atoms with Gasteiger partial charge in [-0.05, 0) is 53.7 Å². The maximum atomic E-state index is 12.0. The highest BCUT2D eigenvalue weighted by Crippen LogP contribution is 2.29. The van der Waals surface area contributed by atoms with Gasteiger partial charge >= 0.3 is 0 Å². The summed E-state index contributed by atoms with van der Waals surface area (Å²) in [5.74, 6) is -0.228. The molecular weight excluding hydrogens is 282 g/mol. The van der Waals surface area contributed by atoms with E-state index in [2.05, 4.69) is 32.3 Å². The van der Waals surface area contributed by atoms with Crippen LogP contribution in [0.2, 0.25) is 0 Å². The van der Waals surface area contributed by atoms with Crippen molar-refractivity contribution in [3.05, 3.63) is 28.5 Å². The molecule has 0 aromatic carbocycles. The Hall–Kier alpha value is -1.41. The van der Waals surface area contributed by atoms with E-state index in [9.17, 15) is 4.79 Å². The average Bonchev–Trinajstić information content (AvgIpc) is 2.79. The summed E-state index contributed by atoms with van der Waals surface area (Å²) in [6.45, 7) is 0. The minimum Gasteiger partial charge on any atom is -0.334 e. The molecule has 1 aromatic heterocycles. The van der Waals surface area contributed by atoms with E-state index < -0.39 is 5.54 Å². The summed E-state index contributed by atoms with van der Waals surface area (Å²) in [7, 11) is 0. The van der Waals surface area contributed by atoms with Crippen LogP contribution in [-0.2, 0) is 0 Å². The second-order valence-electron chi connectivity index (χ2n) is 4.22. The molecule has 1 fully saturated rings. The van der Waals surface area contributed by atoms with Gasteiger partial charge in [-0.15, -0.1) is 0 Å². The largest absolute Gasteiger partial charge is 0.334 e. The normalized spacial score (nSPS) is 17.4. The van der Waals surface area contributed by atoms with E-state index >= 15 is 0 Å². The van der Waals surface area contributed by atoms with Gasteiger partial charge in [0.05, 0.1) is 11.6 Å². The molecule has 0 atom stereocenters. The van der Waals surface area contributed by atoms with E-state index in [0.717, 1.165) is 25.7 Å². The lowest BCUT2D eigenvalue weighted by atomic mass is 9.99. The lowest BCUT2D eigenvalue weighted by Gasteiger charge is -2.21. The van der Waals surface area contributed by atoms with Gasteiger partial charge in [-0.1, -0.05) is 0 Å². The Bertz CT molecular complexity index is 458. The van der Waals surface area contributed by atoms with Crippen LogP contribution in [0.1, 0.15) is 36.0 Å². The van der Waals surface area contributed by atoms with Crippen LogP contribution in [-0.4, -0.2) is 16.4 Å². The first-order valence-corrected chi connectivity index (χ1v) is 6.30. The highest BCUT2D eigenvalue weighted by atomic mass is 79.9. The highest BCUT2D eigenvalue weighted by molar-refractivity contribution is 9.10. The van der Waals surface area contributed by atoms with Crippen molar-refractivity contribution in [1.29, 1.82) is 5.26 Å². The summed E-state index contributed by atoms with van der Waals surface area (Å²) >= 11 is 3.21. The summed E-state index contributed by atoms with van der Waals surface area (Å²) in [5, 5.41) is 12.0. The van der Waals surface area contributed by atoms with Gasteiger partial charge in [-0.3, -0.25) is 4.79 Å². The third kappa shape index (κ3) is 2.64. The van der Waals surface area contributed by atoms with Crippen molar-refractivity contribution in [2.75, 3.05) is 0 Å². The number of carbonyl (C=O) groups excluding carboxylic acids is 1. The number of hydrogen-bond acceptors (Lipinski definition) is 3. The van der Waals surface area contributed by atoms with Gasteiger partial charge < -0.3 is 5.32 Å². The molecule has 1 aliphatic rings. The van der Waals surface area contributed by atoms with Crippen molar-refractivity contribution in [3.8, 4) is 6.07 Å². The topological polar surface area (TPSA) is 65.8 Å². The fraction of sp³-hybridized carbons (Fsp3) is 0.417. The molecule has 0 unspecified atom stereocenters. The minimum atomic E-state index is -0.676. The maximum absolute atomic E-state index is 12.0. The van der Waals surface area contributed by atoms with Crippen molar-refractivity contribution in [2.45, 2.75) is 31.2 Å². The van der Waals surface area contributed by atoms with Crippen molar-refractivity contribution < 1.29 is 4.79 Å². The van der Waals surface area contributed by atoms with Crippen LogP contribution in [0.3, 0.4) is 0 Å². The van der Waals surface area contributed by atoms with Gasteiger partial charge in [0.15, 0.2) is 0 Å². The molecule has 0 spiro atoms. The molecule has 0 bridgehead atoms. The van der Waals surface area contributed by atoms with E-state index in [0.29, 0.717) is 10.2 Å². The lowest BCUT2D eigenvalue weighted by molar-refractivity contribution is 0.0920. The van der Waals surface area contributed by atoms with Gasteiger partial charge in [-0.2, -0.15) is 5.26 Å². The Morgan fingerprint density at radius 3 is 2.71 bits per heavy atom. The molecule has 1 aliphatic carbocycles. The number of amides is 1. The highest BCUT2D eigenvalue weighted by Gasteiger charge is 2.35. The first-order chi connectivity index (χ1) is 8.15. The number of nitrogens with zero attached hydrogens (tertiary/aromatic N) is 2. The summed E-state index contributed by atoms with van der Waals surface area (Å²) in [6, 6.07) is 5.63. The molecule has 5 heteroatoms. The van der Waals surface area contributed by atoms with Crippen LogP contribution in [0, 0.1) is 11.3 Å². The van der Waals surface area contributed by atoms with Gasteiger partial charge in [0.25, 0.3) is 5.91 Å². The third-order valence-corrected chi connectivity index (χ3v) is 3.48. The number of halogens is 1. The first kappa shape index (κ1) is 12.1. The van der Waals surface area contributed by atoms with Gasteiger partial charge in [0, 0.05) is 6.20 Å². The fourth-order valence-electron chi connectivity index (χ4n) is 2.04. The zero-order valence-electron chi connectivity index (χ0n) is 9.24. The minimum absolute atomic E-state index is 0.228.